The molecule has 0 unspecified atom stereocenters. The second-order valence-corrected chi connectivity index (χ2v) is 6.03. The van der Waals surface area contributed by atoms with Gasteiger partial charge in [-0.25, -0.2) is 8.42 Å². The molecule has 5 heteroatoms. The van der Waals surface area contributed by atoms with Gasteiger partial charge in [-0.3, -0.25) is 4.79 Å². The van der Waals surface area contributed by atoms with Gasteiger partial charge in [0.25, 0.3) is 0 Å². The lowest BCUT2D eigenvalue weighted by atomic mass is 10.2. The third kappa shape index (κ3) is 2.51. The van der Waals surface area contributed by atoms with Gasteiger partial charge in [-0.05, 0) is 31.2 Å². The highest BCUT2D eigenvalue weighted by molar-refractivity contribution is 7.91. The first kappa shape index (κ1) is 13.3. The summed E-state index contributed by atoms with van der Waals surface area (Å²) in [7, 11) is -3.90. The first-order valence-electron chi connectivity index (χ1n) is 5.57. The molecule has 0 aliphatic carbocycles. The van der Waals surface area contributed by atoms with Crippen molar-refractivity contribution >= 4 is 9.84 Å². The summed E-state index contributed by atoms with van der Waals surface area (Å²) in [6, 6.07) is 11.3. The Hall–Kier alpha value is -2.14. The number of benzene rings is 1. The Morgan fingerprint density at radius 1 is 0.947 bits per heavy atom. The molecule has 0 heterocycles. The van der Waals surface area contributed by atoms with Gasteiger partial charge in [0.05, 0.1) is 4.90 Å². The van der Waals surface area contributed by atoms with Gasteiger partial charge in [0.1, 0.15) is 4.90 Å². The van der Waals surface area contributed by atoms with Crippen LogP contribution in [-0.2, 0) is 9.84 Å². The number of aryl methyl sites for hydroxylation is 1. The first-order valence-corrected chi connectivity index (χ1v) is 7.05. The third-order valence-corrected chi connectivity index (χ3v) is 4.50. The van der Waals surface area contributed by atoms with Crippen LogP contribution in [0.25, 0.3) is 0 Å². The topological polar surface area (TPSA) is 71.4 Å². The van der Waals surface area contributed by atoms with Crippen LogP contribution in [0, 0.1) is 6.92 Å². The Morgan fingerprint density at radius 2 is 1.53 bits per heavy atom. The smallest absolute Gasteiger partial charge is 0.221 e. The van der Waals surface area contributed by atoms with Crippen LogP contribution < -0.4 is 5.43 Å². The highest BCUT2D eigenvalue weighted by Crippen LogP contribution is 2.25. The molecule has 0 atom stereocenters. The van der Waals surface area contributed by atoms with E-state index in [9.17, 15) is 18.3 Å². The van der Waals surface area contributed by atoms with Crippen LogP contribution in [0.3, 0.4) is 0 Å². The summed E-state index contributed by atoms with van der Waals surface area (Å²) in [5.41, 5.74) is 0.196. The number of hydrogen-bond donors (Lipinski definition) is 1. The van der Waals surface area contributed by atoms with Gasteiger partial charge in [0.15, 0.2) is 5.75 Å². The average molecular weight is 276 g/mol. The fraction of sp³-hybridized carbons (Fsp3) is 0.0714. The maximum atomic E-state index is 12.4. The van der Waals surface area contributed by atoms with E-state index in [0.717, 1.165) is 11.6 Å². The number of rotatable bonds is 2. The Morgan fingerprint density at radius 3 is 2.16 bits per heavy atom. The molecule has 0 saturated carbocycles. The molecule has 19 heavy (non-hydrogen) atoms. The van der Waals surface area contributed by atoms with Crippen LogP contribution in [0.15, 0.2) is 63.1 Å². The van der Waals surface area contributed by atoms with Gasteiger partial charge >= 0.3 is 0 Å². The molecule has 0 aliphatic heterocycles. The van der Waals surface area contributed by atoms with Crippen LogP contribution >= 0.6 is 0 Å². The van der Waals surface area contributed by atoms with Crippen LogP contribution in [0.2, 0.25) is 0 Å². The maximum absolute atomic E-state index is 12.4. The zero-order chi connectivity index (χ0) is 14.0. The highest BCUT2D eigenvalue weighted by atomic mass is 32.2. The van der Waals surface area contributed by atoms with Crippen molar-refractivity contribution in [3.8, 4) is 5.75 Å². The van der Waals surface area contributed by atoms with Crippen molar-refractivity contribution in [2.75, 3.05) is 0 Å². The molecule has 0 spiro atoms. The largest absolute Gasteiger partial charge is 0.503 e. The summed E-state index contributed by atoms with van der Waals surface area (Å²) in [5.74, 6) is -0.759. The summed E-state index contributed by atoms with van der Waals surface area (Å²) in [5, 5.41) is 9.72. The van der Waals surface area contributed by atoms with E-state index in [-0.39, 0.29) is 9.79 Å². The molecule has 2 rings (SSSR count). The van der Waals surface area contributed by atoms with Gasteiger partial charge in [-0.2, -0.15) is 0 Å². The summed E-state index contributed by atoms with van der Waals surface area (Å²) in [4.78, 5) is 11.1. The molecule has 0 saturated heterocycles. The first-order chi connectivity index (χ1) is 8.93. The lowest BCUT2D eigenvalue weighted by Gasteiger charge is -2.04. The molecule has 0 aliphatic rings. The fourth-order valence-electron chi connectivity index (χ4n) is 1.63. The second kappa shape index (κ2) is 4.85. The fourth-order valence-corrected chi connectivity index (χ4v) is 2.99. The second-order valence-electron chi connectivity index (χ2n) is 4.11. The molecule has 0 amide bonds. The van der Waals surface area contributed by atoms with Crippen molar-refractivity contribution in [1.82, 2.24) is 0 Å². The van der Waals surface area contributed by atoms with Gasteiger partial charge in [-0.15, -0.1) is 0 Å². The standard InChI is InChI=1S/C14H12O4S/c1-10-6-8-11(9-7-10)19(17,18)13-5-3-2-4-12(15)14(13)16/h2-9H,1H3,(H,15,16). The molecular weight excluding hydrogens is 264 g/mol. The lowest BCUT2D eigenvalue weighted by molar-refractivity contribution is 0.454. The molecule has 1 N–H and O–H groups in total. The Balaban J connectivity index is 2.71. The minimum Gasteiger partial charge on any atom is -0.503 e. The van der Waals surface area contributed by atoms with Gasteiger partial charge in [0.2, 0.25) is 15.3 Å². The molecule has 4 nitrogen and oxygen atoms in total. The minimum atomic E-state index is -3.90. The van der Waals surface area contributed by atoms with Crippen LogP contribution in [0.5, 0.6) is 5.75 Å². The Kier molecular flexibility index (Phi) is 3.40. The van der Waals surface area contributed by atoms with Crippen molar-refractivity contribution in [2.45, 2.75) is 16.7 Å². The SMILES string of the molecule is Cc1ccc(S(=O)(=O)c2ccccc(=O)c2O)cc1. The quantitative estimate of drug-likeness (QED) is 0.909. The van der Waals surface area contributed by atoms with E-state index in [2.05, 4.69) is 0 Å². The van der Waals surface area contributed by atoms with E-state index in [1.165, 1.54) is 30.3 Å². The summed E-state index contributed by atoms with van der Waals surface area (Å²) in [6.07, 6.45) is 0. The highest BCUT2D eigenvalue weighted by Gasteiger charge is 2.21. The molecule has 2 aromatic carbocycles. The lowest BCUT2D eigenvalue weighted by Crippen LogP contribution is -2.05. The Labute approximate surface area is 110 Å². The van der Waals surface area contributed by atoms with E-state index in [1.807, 2.05) is 6.92 Å². The molecule has 0 aromatic heterocycles. The van der Waals surface area contributed by atoms with Crippen molar-refractivity contribution < 1.29 is 13.5 Å². The molecule has 98 valence electrons. The summed E-state index contributed by atoms with van der Waals surface area (Å²) in [6.45, 7) is 1.84. The third-order valence-electron chi connectivity index (χ3n) is 2.69. The van der Waals surface area contributed by atoms with Crippen LogP contribution in [0.4, 0.5) is 0 Å². The molecular formula is C14H12O4S. The van der Waals surface area contributed by atoms with E-state index in [0.29, 0.717) is 0 Å². The minimum absolute atomic E-state index is 0.0407. The summed E-state index contributed by atoms with van der Waals surface area (Å²) >= 11 is 0. The molecule has 0 radical (unpaired) electrons. The van der Waals surface area contributed by atoms with Crippen LogP contribution in [-0.4, -0.2) is 13.5 Å². The summed E-state index contributed by atoms with van der Waals surface area (Å²) < 4.78 is 24.7. The van der Waals surface area contributed by atoms with Gasteiger partial charge in [-0.1, -0.05) is 29.8 Å². The average Bonchev–Trinajstić information content (AvgIpc) is 2.53. The number of sulfone groups is 1. The predicted molar refractivity (Wildman–Crippen MR) is 71.0 cm³/mol. The molecule has 0 bridgehead atoms. The van der Waals surface area contributed by atoms with Gasteiger partial charge in [0, 0.05) is 0 Å². The molecule has 2 aromatic rings. The predicted octanol–water partition coefficient (Wildman–Crippen LogP) is 1.89. The zero-order valence-corrected chi connectivity index (χ0v) is 11.0. The number of aromatic hydroxyl groups is 1. The van der Waals surface area contributed by atoms with Crippen molar-refractivity contribution in [1.29, 1.82) is 0 Å². The maximum Gasteiger partial charge on any atom is 0.221 e. The van der Waals surface area contributed by atoms with E-state index < -0.39 is 21.0 Å². The monoisotopic (exact) mass is 276 g/mol. The van der Waals surface area contributed by atoms with Crippen molar-refractivity contribution in [3.63, 3.8) is 0 Å². The molecule has 0 fully saturated rings. The van der Waals surface area contributed by atoms with Gasteiger partial charge < -0.3 is 5.11 Å². The zero-order valence-electron chi connectivity index (χ0n) is 10.2. The Bertz CT molecular complexity index is 762. The van der Waals surface area contributed by atoms with Crippen molar-refractivity contribution in [2.24, 2.45) is 0 Å². The van der Waals surface area contributed by atoms with Crippen molar-refractivity contribution in [3.05, 3.63) is 64.3 Å². The normalized spacial score (nSPS) is 11.2. The van der Waals surface area contributed by atoms with E-state index in [4.69, 9.17) is 0 Å². The van der Waals surface area contributed by atoms with Crippen LogP contribution in [0.1, 0.15) is 5.56 Å². The number of hydrogen-bond acceptors (Lipinski definition) is 4. The van der Waals surface area contributed by atoms with E-state index in [1.54, 1.807) is 12.1 Å². The van der Waals surface area contributed by atoms with E-state index >= 15 is 0 Å².